The van der Waals surface area contributed by atoms with Crippen LogP contribution in [0.4, 0.5) is 0 Å². The van der Waals surface area contributed by atoms with Crippen molar-refractivity contribution >= 4 is 0 Å². The van der Waals surface area contributed by atoms with Crippen molar-refractivity contribution in [1.82, 2.24) is 10.2 Å². The van der Waals surface area contributed by atoms with E-state index in [-0.39, 0.29) is 0 Å². The van der Waals surface area contributed by atoms with Gasteiger partial charge in [-0.05, 0) is 51.1 Å². The summed E-state index contributed by atoms with van der Waals surface area (Å²) in [5, 5.41) is 3.70. The molecular formula is C17H36N2O. The van der Waals surface area contributed by atoms with Crippen LogP contribution in [0.3, 0.4) is 0 Å². The molecule has 0 radical (unpaired) electrons. The lowest BCUT2D eigenvalue weighted by Gasteiger charge is -2.45. The van der Waals surface area contributed by atoms with E-state index in [0.29, 0.717) is 17.5 Å². The van der Waals surface area contributed by atoms with Gasteiger partial charge in [0.15, 0.2) is 0 Å². The van der Waals surface area contributed by atoms with Gasteiger partial charge in [-0.1, -0.05) is 27.7 Å². The molecule has 0 aromatic carbocycles. The molecule has 0 aromatic rings. The van der Waals surface area contributed by atoms with E-state index in [9.17, 15) is 0 Å². The number of rotatable bonds is 7. The topological polar surface area (TPSA) is 24.5 Å². The number of hydrogen-bond acceptors (Lipinski definition) is 3. The molecule has 1 fully saturated rings. The Balaban J connectivity index is 2.62. The summed E-state index contributed by atoms with van der Waals surface area (Å²) in [6, 6.07) is 1.29. The molecule has 3 heteroatoms. The minimum Gasteiger partial charge on any atom is -0.380 e. The first-order valence-electron chi connectivity index (χ1n) is 8.41. The Bertz CT molecular complexity index is 262. The van der Waals surface area contributed by atoms with Gasteiger partial charge < -0.3 is 10.1 Å². The lowest BCUT2D eigenvalue weighted by molar-refractivity contribution is 0.0501. The Morgan fingerprint density at radius 3 is 2.45 bits per heavy atom. The summed E-state index contributed by atoms with van der Waals surface area (Å²) in [5.41, 5.74) is 0.427. The second-order valence-electron chi connectivity index (χ2n) is 7.29. The maximum absolute atomic E-state index is 5.52. The smallest absolute Gasteiger partial charge is 0.0593 e. The summed E-state index contributed by atoms with van der Waals surface area (Å²) >= 11 is 0. The second-order valence-corrected chi connectivity index (χ2v) is 7.29. The van der Waals surface area contributed by atoms with Crippen LogP contribution in [0.5, 0.6) is 0 Å². The van der Waals surface area contributed by atoms with Crippen LogP contribution in [0.1, 0.15) is 53.9 Å². The van der Waals surface area contributed by atoms with Gasteiger partial charge in [0, 0.05) is 25.2 Å². The van der Waals surface area contributed by atoms with E-state index in [1.54, 1.807) is 0 Å². The van der Waals surface area contributed by atoms with Crippen molar-refractivity contribution in [3.8, 4) is 0 Å². The van der Waals surface area contributed by atoms with E-state index in [2.05, 4.69) is 51.9 Å². The van der Waals surface area contributed by atoms with Gasteiger partial charge in [0.25, 0.3) is 0 Å². The van der Waals surface area contributed by atoms with Crippen molar-refractivity contribution in [2.24, 2.45) is 11.3 Å². The monoisotopic (exact) mass is 284 g/mol. The fraction of sp³-hybridized carbons (Fsp3) is 1.00. The van der Waals surface area contributed by atoms with Crippen LogP contribution < -0.4 is 5.32 Å². The summed E-state index contributed by atoms with van der Waals surface area (Å²) in [4.78, 5) is 2.51. The molecule has 1 aliphatic carbocycles. The van der Waals surface area contributed by atoms with Gasteiger partial charge in [-0.3, -0.25) is 4.90 Å². The molecule has 0 aliphatic heterocycles. The number of likely N-dealkylation sites (N-methyl/N-ethyl adjacent to an activating group) is 2. The van der Waals surface area contributed by atoms with Gasteiger partial charge in [0.1, 0.15) is 0 Å². The molecule has 3 atom stereocenters. The van der Waals surface area contributed by atoms with Crippen LogP contribution in [0.2, 0.25) is 0 Å². The lowest BCUT2D eigenvalue weighted by atomic mass is 9.69. The Kier molecular flexibility index (Phi) is 7.49. The average molecular weight is 284 g/mol. The zero-order valence-corrected chi connectivity index (χ0v) is 14.5. The molecule has 3 unspecified atom stereocenters. The first-order valence-corrected chi connectivity index (χ1v) is 8.41. The van der Waals surface area contributed by atoms with Crippen LogP contribution in [0, 0.1) is 11.3 Å². The Morgan fingerprint density at radius 1 is 1.20 bits per heavy atom. The first kappa shape index (κ1) is 17.9. The highest BCUT2D eigenvalue weighted by Gasteiger charge is 2.37. The van der Waals surface area contributed by atoms with Crippen molar-refractivity contribution in [2.45, 2.75) is 66.0 Å². The van der Waals surface area contributed by atoms with E-state index in [1.807, 2.05) is 0 Å². The predicted octanol–water partition coefficient (Wildman–Crippen LogP) is 3.15. The zero-order valence-electron chi connectivity index (χ0n) is 14.5. The highest BCUT2D eigenvalue weighted by Crippen LogP contribution is 2.39. The molecule has 3 nitrogen and oxygen atoms in total. The van der Waals surface area contributed by atoms with Gasteiger partial charge >= 0.3 is 0 Å². The van der Waals surface area contributed by atoms with Crippen LogP contribution >= 0.6 is 0 Å². The quantitative estimate of drug-likeness (QED) is 0.727. The van der Waals surface area contributed by atoms with E-state index >= 15 is 0 Å². The minimum absolute atomic E-state index is 0.427. The van der Waals surface area contributed by atoms with Crippen molar-refractivity contribution in [3.05, 3.63) is 0 Å². The molecular weight excluding hydrogens is 248 g/mol. The molecule has 0 heterocycles. The summed E-state index contributed by atoms with van der Waals surface area (Å²) in [6.07, 6.45) is 3.97. The normalized spacial score (nSPS) is 28.1. The average Bonchev–Trinajstić information content (AvgIpc) is 2.38. The maximum Gasteiger partial charge on any atom is 0.0593 e. The molecule has 1 rings (SSSR count). The highest BCUT2D eigenvalue weighted by molar-refractivity contribution is 4.93. The van der Waals surface area contributed by atoms with Crippen LogP contribution in [0.25, 0.3) is 0 Å². The molecule has 120 valence electrons. The second kappa shape index (κ2) is 8.35. The van der Waals surface area contributed by atoms with Crippen LogP contribution in [0.15, 0.2) is 0 Å². The van der Waals surface area contributed by atoms with Gasteiger partial charge in [0.05, 0.1) is 6.61 Å². The van der Waals surface area contributed by atoms with Crippen LogP contribution in [-0.4, -0.2) is 50.3 Å². The van der Waals surface area contributed by atoms with E-state index < -0.39 is 0 Å². The highest BCUT2D eigenvalue weighted by atomic mass is 16.5. The predicted molar refractivity (Wildman–Crippen MR) is 87.2 cm³/mol. The molecule has 0 bridgehead atoms. The molecule has 1 N–H and O–H groups in total. The van der Waals surface area contributed by atoms with Crippen molar-refractivity contribution < 1.29 is 4.74 Å². The molecule has 0 spiro atoms. The zero-order chi connectivity index (χ0) is 15.2. The van der Waals surface area contributed by atoms with E-state index in [1.165, 1.54) is 19.3 Å². The van der Waals surface area contributed by atoms with Crippen molar-refractivity contribution in [1.29, 1.82) is 0 Å². The number of ether oxygens (including phenoxy) is 1. The summed E-state index contributed by atoms with van der Waals surface area (Å²) in [7, 11) is 2.26. The summed E-state index contributed by atoms with van der Waals surface area (Å²) < 4.78 is 5.52. The minimum atomic E-state index is 0.427. The third-order valence-corrected chi connectivity index (χ3v) is 4.87. The third-order valence-electron chi connectivity index (χ3n) is 4.87. The van der Waals surface area contributed by atoms with Gasteiger partial charge in [-0.25, -0.2) is 0 Å². The molecule has 20 heavy (non-hydrogen) atoms. The van der Waals surface area contributed by atoms with Crippen LogP contribution in [-0.2, 0) is 4.74 Å². The largest absolute Gasteiger partial charge is 0.380 e. The van der Waals surface area contributed by atoms with E-state index in [0.717, 1.165) is 32.2 Å². The van der Waals surface area contributed by atoms with Gasteiger partial charge in [0.2, 0.25) is 0 Å². The SMILES string of the molecule is CCNC1CCC(C(C)(C)C)CC1N(C)CCOCC. The van der Waals surface area contributed by atoms with Crippen molar-refractivity contribution in [2.75, 3.05) is 33.4 Å². The summed E-state index contributed by atoms with van der Waals surface area (Å²) in [5.74, 6) is 0.831. The molecule has 0 saturated heterocycles. The Morgan fingerprint density at radius 2 is 1.90 bits per heavy atom. The number of nitrogens with one attached hydrogen (secondary N) is 1. The lowest BCUT2D eigenvalue weighted by Crippen LogP contribution is -2.53. The molecule has 1 saturated carbocycles. The van der Waals surface area contributed by atoms with Gasteiger partial charge in [-0.2, -0.15) is 0 Å². The number of hydrogen-bond donors (Lipinski definition) is 1. The maximum atomic E-state index is 5.52. The molecule has 0 amide bonds. The van der Waals surface area contributed by atoms with Gasteiger partial charge in [-0.15, -0.1) is 0 Å². The fourth-order valence-electron chi connectivity index (χ4n) is 3.44. The molecule has 0 aromatic heterocycles. The third kappa shape index (κ3) is 5.34. The van der Waals surface area contributed by atoms with E-state index in [4.69, 9.17) is 4.74 Å². The fourth-order valence-corrected chi connectivity index (χ4v) is 3.44. The van der Waals surface area contributed by atoms with Crippen molar-refractivity contribution in [3.63, 3.8) is 0 Å². The summed E-state index contributed by atoms with van der Waals surface area (Å²) in [6.45, 7) is 15.2. The Hall–Kier alpha value is -0.120. The molecule has 1 aliphatic rings. The Labute approximate surface area is 126 Å². The first-order chi connectivity index (χ1) is 9.40. The number of nitrogens with zero attached hydrogens (tertiary/aromatic N) is 1. The standard InChI is InChI=1S/C17H36N2O/c1-7-18-15-10-9-14(17(3,4)5)13-16(15)19(6)11-12-20-8-2/h14-16,18H,7-13H2,1-6H3.